The summed E-state index contributed by atoms with van der Waals surface area (Å²) >= 11 is 0. The Morgan fingerprint density at radius 1 is 0.967 bits per heavy atom. The van der Waals surface area contributed by atoms with Crippen LogP contribution in [0.5, 0.6) is 0 Å². The molecule has 0 radical (unpaired) electrons. The number of hydrogen-bond donors (Lipinski definition) is 2. The molecule has 0 amide bonds. The van der Waals surface area contributed by atoms with Crippen LogP contribution in [0.25, 0.3) is 10.8 Å². The molecule has 3 aromatic carbocycles. The fourth-order valence-electron chi connectivity index (χ4n) is 3.72. The molecule has 156 valence electrons. The zero-order valence-electron chi connectivity index (χ0n) is 16.5. The number of fused-ring (bicyclic) bond motifs is 1. The van der Waals surface area contributed by atoms with Crippen LogP contribution in [0.3, 0.4) is 0 Å². The highest BCUT2D eigenvalue weighted by molar-refractivity contribution is 7.93. The van der Waals surface area contributed by atoms with E-state index in [0.29, 0.717) is 16.3 Å². The van der Waals surface area contributed by atoms with Crippen LogP contribution in [0.15, 0.2) is 77.7 Å². The van der Waals surface area contributed by atoms with Gasteiger partial charge in [0, 0.05) is 11.3 Å². The van der Waals surface area contributed by atoms with E-state index in [-0.39, 0.29) is 11.3 Å². The maximum Gasteiger partial charge on any atom is 0.306 e. The van der Waals surface area contributed by atoms with Crippen molar-refractivity contribution in [2.75, 3.05) is 0 Å². The Kier molecular flexibility index (Phi) is 6.05. The van der Waals surface area contributed by atoms with Gasteiger partial charge in [-0.1, -0.05) is 73.7 Å². The van der Waals surface area contributed by atoms with Gasteiger partial charge in [-0.05, 0) is 23.4 Å². The van der Waals surface area contributed by atoms with Gasteiger partial charge >= 0.3 is 5.97 Å². The lowest BCUT2D eigenvalue weighted by Gasteiger charge is -2.30. The fraction of sp³-hybridized carbons (Fsp3) is 0.217. The van der Waals surface area contributed by atoms with E-state index in [2.05, 4.69) is 0 Å². The molecule has 30 heavy (non-hydrogen) atoms. The summed E-state index contributed by atoms with van der Waals surface area (Å²) in [6.07, 6.45) is -0.743. The Balaban J connectivity index is 2.21. The van der Waals surface area contributed by atoms with Gasteiger partial charge in [0.05, 0.1) is 11.3 Å². The highest BCUT2D eigenvalue weighted by atomic mass is 32.2. The van der Waals surface area contributed by atoms with Crippen molar-refractivity contribution >= 4 is 32.4 Å². The molecular weight excluding hydrogens is 402 g/mol. The summed E-state index contributed by atoms with van der Waals surface area (Å²) in [6.45, 7) is 1.74. The number of Topliss-reactive ketones (excluding diaryl/α,β-unsaturated/α-hetero) is 1. The van der Waals surface area contributed by atoms with E-state index < -0.39 is 38.8 Å². The molecule has 3 N–H and O–H groups in total. The standard InChI is InChI=1S/C23H23NO5S/c1-2-18(16-9-4-3-5-10-16)22(27)23(24,15-21(25)26)30(28,29)20-14-8-12-17-11-6-7-13-19(17)20/h3-14,18H,2,15,24H2,1H3,(H,25,26)/t18?,23-/m1/s1. The quantitative estimate of drug-likeness (QED) is 0.571. The van der Waals surface area contributed by atoms with Gasteiger partial charge in [-0.25, -0.2) is 8.42 Å². The molecule has 0 aliphatic heterocycles. The first kappa shape index (κ1) is 21.7. The second-order valence-corrected chi connectivity index (χ2v) is 9.35. The second-order valence-electron chi connectivity index (χ2n) is 7.18. The van der Waals surface area contributed by atoms with Crippen LogP contribution in [0, 0.1) is 0 Å². The SMILES string of the molecule is CCC(C(=O)[C@@](N)(CC(=O)O)S(=O)(=O)c1cccc2ccccc12)c1ccccc1. The average Bonchev–Trinajstić information content (AvgIpc) is 2.73. The number of aliphatic carboxylic acids is 1. The number of benzene rings is 3. The number of sulfone groups is 1. The highest BCUT2D eigenvalue weighted by Gasteiger charge is 2.52. The normalized spacial score (nSPS) is 14.7. The lowest BCUT2D eigenvalue weighted by molar-refractivity contribution is -0.140. The van der Waals surface area contributed by atoms with Crippen LogP contribution in [0.1, 0.15) is 31.2 Å². The van der Waals surface area contributed by atoms with Gasteiger partial charge < -0.3 is 10.8 Å². The minimum Gasteiger partial charge on any atom is -0.481 e. The molecule has 3 aromatic rings. The number of ketones is 1. The summed E-state index contributed by atoms with van der Waals surface area (Å²) in [5.74, 6) is -3.13. The van der Waals surface area contributed by atoms with E-state index in [1.54, 1.807) is 73.7 Å². The van der Waals surface area contributed by atoms with Crippen molar-refractivity contribution in [2.24, 2.45) is 5.73 Å². The number of nitrogens with two attached hydrogens (primary N) is 1. The number of carbonyl (C=O) groups excluding carboxylic acids is 1. The summed E-state index contributed by atoms with van der Waals surface area (Å²) < 4.78 is 27.4. The molecule has 7 heteroatoms. The van der Waals surface area contributed by atoms with Crippen LogP contribution < -0.4 is 5.73 Å². The summed E-state index contributed by atoms with van der Waals surface area (Å²) in [6, 6.07) is 20.1. The summed E-state index contributed by atoms with van der Waals surface area (Å²) in [4.78, 5) is 22.4. The van der Waals surface area contributed by atoms with E-state index in [1.807, 2.05) is 0 Å². The second kappa shape index (κ2) is 8.38. The first-order chi connectivity index (χ1) is 14.2. The van der Waals surface area contributed by atoms with E-state index in [0.717, 1.165) is 0 Å². The van der Waals surface area contributed by atoms with Crippen molar-refractivity contribution in [1.29, 1.82) is 0 Å². The first-order valence-electron chi connectivity index (χ1n) is 9.54. The smallest absolute Gasteiger partial charge is 0.306 e. The molecule has 3 rings (SSSR count). The van der Waals surface area contributed by atoms with Crippen molar-refractivity contribution in [1.82, 2.24) is 0 Å². The molecule has 0 aliphatic rings. The van der Waals surface area contributed by atoms with Crippen molar-refractivity contribution in [3.05, 3.63) is 78.4 Å². The molecule has 0 aliphatic carbocycles. The topological polar surface area (TPSA) is 115 Å². The monoisotopic (exact) mass is 425 g/mol. The van der Waals surface area contributed by atoms with Gasteiger partial charge in [-0.3, -0.25) is 9.59 Å². The number of rotatable bonds is 8. The van der Waals surface area contributed by atoms with Crippen LogP contribution in [-0.2, 0) is 19.4 Å². The maximum atomic E-state index is 13.7. The van der Waals surface area contributed by atoms with E-state index >= 15 is 0 Å². The third-order valence-corrected chi connectivity index (χ3v) is 7.52. The van der Waals surface area contributed by atoms with Gasteiger partial charge in [0.2, 0.25) is 9.84 Å². The van der Waals surface area contributed by atoms with Crippen molar-refractivity contribution in [3.8, 4) is 0 Å². The number of carboxylic acids is 1. The number of hydrogen-bond acceptors (Lipinski definition) is 5. The number of carbonyl (C=O) groups is 2. The minimum absolute atomic E-state index is 0.152. The van der Waals surface area contributed by atoms with Crippen LogP contribution >= 0.6 is 0 Å². The Labute approximate surface area is 175 Å². The molecule has 0 fully saturated rings. The minimum atomic E-state index is -4.54. The van der Waals surface area contributed by atoms with Crippen LogP contribution in [0.4, 0.5) is 0 Å². The molecule has 0 heterocycles. The lowest BCUT2D eigenvalue weighted by atomic mass is 9.87. The van der Waals surface area contributed by atoms with E-state index in [1.165, 1.54) is 6.07 Å². The molecule has 0 saturated heterocycles. The Morgan fingerprint density at radius 2 is 1.57 bits per heavy atom. The summed E-state index contributed by atoms with van der Waals surface area (Å²) in [7, 11) is -4.54. The third-order valence-electron chi connectivity index (χ3n) is 5.28. The summed E-state index contributed by atoms with van der Waals surface area (Å²) in [5, 5.41) is 10.5. The zero-order valence-corrected chi connectivity index (χ0v) is 17.3. The van der Waals surface area contributed by atoms with Gasteiger partial charge in [0.15, 0.2) is 10.7 Å². The van der Waals surface area contributed by atoms with E-state index in [4.69, 9.17) is 5.73 Å². The highest BCUT2D eigenvalue weighted by Crippen LogP contribution is 2.35. The Hall–Kier alpha value is -3.03. The molecule has 6 nitrogen and oxygen atoms in total. The van der Waals surface area contributed by atoms with Gasteiger partial charge in [0.1, 0.15) is 0 Å². The Morgan fingerprint density at radius 3 is 2.20 bits per heavy atom. The van der Waals surface area contributed by atoms with Crippen molar-refractivity contribution in [3.63, 3.8) is 0 Å². The molecular formula is C23H23NO5S. The maximum absolute atomic E-state index is 13.7. The molecule has 0 bridgehead atoms. The first-order valence-corrected chi connectivity index (χ1v) is 11.0. The predicted molar refractivity (Wildman–Crippen MR) is 115 cm³/mol. The molecule has 0 aromatic heterocycles. The fourth-order valence-corrected chi connectivity index (χ4v) is 5.56. The summed E-state index contributed by atoms with van der Waals surface area (Å²) in [5.41, 5.74) is 6.83. The van der Waals surface area contributed by atoms with Crippen molar-refractivity contribution < 1.29 is 23.1 Å². The van der Waals surface area contributed by atoms with Gasteiger partial charge in [-0.15, -0.1) is 0 Å². The number of carboxylic acid groups (broad SMARTS) is 1. The predicted octanol–water partition coefficient (Wildman–Crippen LogP) is 3.51. The van der Waals surface area contributed by atoms with Crippen molar-refractivity contribution in [2.45, 2.75) is 35.4 Å². The zero-order chi connectivity index (χ0) is 21.9. The molecule has 2 atom stereocenters. The molecule has 0 spiro atoms. The average molecular weight is 426 g/mol. The van der Waals surface area contributed by atoms with Gasteiger partial charge in [-0.2, -0.15) is 0 Å². The van der Waals surface area contributed by atoms with Gasteiger partial charge in [0.25, 0.3) is 0 Å². The largest absolute Gasteiger partial charge is 0.481 e. The Bertz CT molecular complexity index is 1190. The molecule has 1 unspecified atom stereocenters. The van der Waals surface area contributed by atoms with E-state index in [9.17, 15) is 23.1 Å². The van der Waals surface area contributed by atoms with Crippen LogP contribution in [0.2, 0.25) is 0 Å². The van der Waals surface area contributed by atoms with Crippen LogP contribution in [-0.4, -0.2) is 30.1 Å². The lowest BCUT2D eigenvalue weighted by Crippen LogP contribution is -2.57. The third kappa shape index (κ3) is 3.74. The molecule has 0 saturated carbocycles.